The van der Waals surface area contributed by atoms with Crippen molar-refractivity contribution in [2.24, 2.45) is 0 Å². The van der Waals surface area contributed by atoms with Gasteiger partial charge in [-0.05, 0) is 19.8 Å². The van der Waals surface area contributed by atoms with Gasteiger partial charge in [0.05, 0.1) is 17.2 Å². The second-order valence-electron chi connectivity index (χ2n) is 6.07. The molecule has 0 spiro atoms. The van der Waals surface area contributed by atoms with Gasteiger partial charge < -0.3 is 10.1 Å². The Balaban J connectivity index is 1.90. The van der Waals surface area contributed by atoms with Crippen molar-refractivity contribution in [2.45, 2.75) is 45.7 Å². The van der Waals surface area contributed by atoms with Crippen molar-refractivity contribution in [1.82, 2.24) is 15.1 Å². The summed E-state index contributed by atoms with van der Waals surface area (Å²) in [5.41, 5.74) is 0.586. The van der Waals surface area contributed by atoms with E-state index in [4.69, 9.17) is 16.3 Å². The number of carbonyl (C=O) groups is 2. The van der Waals surface area contributed by atoms with E-state index in [1.54, 1.807) is 11.6 Å². The number of ether oxygens (including phenoxy) is 1. The minimum absolute atomic E-state index is 0.0590. The summed E-state index contributed by atoms with van der Waals surface area (Å²) in [4.78, 5) is 24.0. The Kier molecular flexibility index (Phi) is 6.45. The third-order valence-electron chi connectivity index (χ3n) is 3.92. The second kappa shape index (κ2) is 8.18. The van der Waals surface area contributed by atoms with E-state index in [-0.39, 0.29) is 22.2 Å². The van der Waals surface area contributed by atoms with Crippen LogP contribution in [0.1, 0.15) is 42.2 Å². The van der Waals surface area contributed by atoms with Gasteiger partial charge in [-0.3, -0.25) is 9.48 Å². The van der Waals surface area contributed by atoms with Gasteiger partial charge in [-0.15, -0.1) is 0 Å². The Morgan fingerprint density at radius 1 is 1.44 bits per heavy atom. The largest absolute Gasteiger partial charge is 0.452 e. The quantitative estimate of drug-likeness (QED) is 0.697. The van der Waals surface area contributed by atoms with Crippen LogP contribution >= 0.6 is 11.6 Å². The molecule has 0 unspecified atom stereocenters. The summed E-state index contributed by atoms with van der Waals surface area (Å²) in [6.07, 6.45) is 2.21. The molecule has 1 amide bonds. The van der Waals surface area contributed by atoms with Crippen LogP contribution in [-0.4, -0.2) is 54.2 Å². The minimum atomic E-state index is -3.08. The van der Waals surface area contributed by atoms with Crippen LogP contribution in [-0.2, 0) is 25.9 Å². The number of aryl methyl sites for hydroxylation is 2. The van der Waals surface area contributed by atoms with Crippen molar-refractivity contribution in [1.29, 1.82) is 0 Å². The fraction of sp³-hybridized carbons (Fsp3) is 0.667. The standard InChI is InChI=1S/C15H22ClN3O5S/c1-3-4-6-19-14(16)13(10(2)18-19)15(21)24-8-12(20)17-11-5-7-25(22,23)9-11/h11H,3-9H2,1-2H3,(H,17,20)/t11-/m1/s1. The van der Waals surface area contributed by atoms with E-state index in [1.165, 1.54) is 0 Å². The van der Waals surface area contributed by atoms with Gasteiger partial charge in [0.15, 0.2) is 16.4 Å². The molecular weight excluding hydrogens is 370 g/mol. The van der Waals surface area contributed by atoms with Crippen molar-refractivity contribution in [2.75, 3.05) is 18.1 Å². The molecule has 10 heteroatoms. The van der Waals surface area contributed by atoms with E-state index >= 15 is 0 Å². The number of unbranched alkanes of at least 4 members (excludes halogenated alkanes) is 1. The van der Waals surface area contributed by atoms with E-state index in [1.807, 2.05) is 6.92 Å². The van der Waals surface area contributed by atoms with E-state index in [9.17, 15) is 18.0 Å². The number of hydrogen-bond donors (Lipinski definition) is 1. The molecule has 1 aromatic heterocycles. The Hall–Kier alpha value is -1.61. The maximum atomic E-state index is 12.2. The molecule has 0 radical (unpaired) electrons. The van der Waals surface area contributed by atoms with Gasteiger partial charge >= 0.3 is 5.97 Å². The summed E-state index contributed by atoms with van der Waals surface area (Å²) < 4.78 is 29.3. The van der Waals surface area contributed by atoms with Crippen molar-refractivity contribution in [3.63, 3.8) is 0 Å². The summed E-state index contributed by atoms with van der Waals surface area (Å²) in [6.45, 7) is 3.79. The van der Waals surface area contributed by atoms with Gasteiger partial charge in [-0.25, -0.2) is 13.2 Å². The van der Waals surface area contributed by atoms with Crippen LogP contribution in [0.5, 0.6) is 0 Å². The van der Waals surface area contributed by atoms with E-state index < -0.39 is 34.4 Å². The SMILES string of the molecule is CCCCn1nc(C)c(C(=O)OCC(=O)N[C@@H]2CCS(=O)(=O)C2)c1Cl. The zero-order valence-corrected chi connectivity index (χ0v) is 15.8. The zero-order valence-electron chi connectivity index (χ0n) is 14.2. The molecule has 1 fully saturated rings. The predicted octanol–water partition coefficient (Wildman–Crippen LogP) is 1.11. The lowest BCUT2D eigenvalue weighted by Crippen LogP contribution is -2.38. The van der Waals surface area contributed by atoms with Crippen LogP contribution in [0, 0.1) is 6.92 Å². The fourth-order valence-electron chi connectivity index (χ4n) is 2.62. The summed E-state index contributed by atoms with van der Waals surface area (Å²) in [5, 5.41) is 6.96. The average Bonchev–Trinajstić information content (AvgIpc) is 3.01. The molecule has 0 bridgehead atoms. The van der Waals surface area contributed by atoms with Gasteiger partial charge in [0.1, 0.15) is 10.7 Å². The molecule has 0 aromatic carbocycles. The van der Waals surface area contributed by atoms with E-state index in [0.717, 1.165) is 12.8 Å². The minimum Gasteiger partial charge on any atom is -0.452 e. The van der Waals surface area contributed by atoms with Crippen LogP contribution in [0.25, 0.3) is 0 Å². The number of esters is 1. The third kappa shape index (κ3) is 5.18. The van der Waals surface area contributed by atoms with Crippen molar-refractivity contribution < 1.29 is 22.7 Å². The molecule has 1 N–H and O–H groups in total. The molecule has 1 aliphatic heterocycles. The van der Waals surface area contributed by atoms with Crippen LogP contribution in [0.2, 0.25) is 5.15 Å². The maximum absolute atomic E-state index is 12.2. The highest BCUT2D eigenvalue weighted by molar-refractivity contribution is 7.91. The molecule has 1 saturated heterocycles. The Morgan fingerprint density at radius 2 is 2.16 bits per heavy atom. The first-order chi connectivity index (χ1) is 11.7. The summed E-state index contributed by atoms with van der Waals surface area (Å²) in [5.74, 6) is -1.28. The molecule has 0 saturated carbocycles. The number of rotatable bonds is 7. The number of carbonyl (C=O) groups excluding carboxylic acids is 2. The molecule has 140 valence electrons. The zero-order chi connectivity index (χ0) is 18.6. The van der Waals surface area contributed by atoms with Gasteiger partial charge in [0.2, 0.25) is 0 Å². The Labute approximate surface area is 151 Å². The van der Waals surface area contributed by atoms with Crippen molar-refractivity contribution >= 4 is 33.3 Å². The van der Waals surface area contributed by atoms with Gasteiger partial charge in [-0.2, -0.15) is 5.10 Å². The van der Waals surface area contributed by atoms with Crippen LogP contribution < -0.4 is 5.32 Å². The summed E-state index contributed by atoms with van der Waals surface area (Å²) in [6, 6.07) is -0.432. The van der Waals surface area contributed by atoms with Gasteiger partial charge in [-0.1, -0.05) is 24.9 Å². The Bertz CT molecular complexity index is 759. The average molecular weight is 392 g/mol. The molecule has 2 heterocycles. The van der Waals surface area contributed by atoms with E-state index in [2.05, 4.69) is 10.4 Å². The molecule has 0 aliphatic carbocycles. The number of amides is 1. The highest BCUT2D eigenvalue weighted by atomic mass is 35.5. The smallest absolute Gasteiger partial charge is 0.343 e. The number of aromatic nitrogens is 2. The van der Waals surface area contributed by atoms with Crippen molar-refractivity contribution in [3.8, 4) is 0 Å². The first kappa shape index (κ1) is 19.7. The highest BCUT2D eigenvalue weighted by Crippen LogP contribution is 2.21. The molecule has 25 heavy (non-hydrogen) atoms. The number of nitrogens with one attached hydrogen (secondary N) is 1. The lowest BCUT2D eigenvalue weighted by molar-refractivity contribution is -0.124. The lowest BCUT2D eigenvalue weighted by Gasteiger charge is -2.11. The molecule has 2 rings (SSSR count). The molecule has 1 aromatic rings. The molecule has 1 aliphatic rings. The maximum Gasteiger partial charge on any atom is 0.343 e. The highest BCUT2D eigenvalue weighted by Gasteiger charge is 2.29. The topological polar surface area (TPSA) is 107 Å². The Morgan fingerprint density at radius 3 is 2.76 bits per heavy atom. The predicted molar refractivity (Wildman–Crippen MR) is 92.4 cm³/mol. The molecule has 1 atom stereocenters. The molecule has 8 nitrogen and oxygen atoms in total. The second-order valence-corrected chi connectivity index (χ2v) is 8.66. The number of halogens is 1. The fourth-order valence-corrected chi connectivity index (χ4v) is 4.63. The first-order valence-corrected chi connectivity index (χ1v) is 10.3. The van der Waals surface area contributed by atoms with Crippen LogP contribution in [0.4, 0.5) is 0 Å². The summed E-state index contributed by atoms with van der Waals surface area (Å²) >= 11 is 6.18. The lowest BCUT2D eigenvalue weighted by atomic mass is 10.2. The number of nitrogens with zero attached hydrogens (tertiary/aromatic N) is 2. The normalized spacial score (nSPS) is 18.9. The number of sulfone groups is 1. The van der Waals surface area contributed by atoms with Crippen LogP contribution in [0.3, 0.4) is 0 Å². The van der Waals surface area contributed by atoms with E-state index in [0.29, 0.717) is 18.7 Å². The monoisotopic (exact) mass is 391 g/mol. The van der Waals surface area contributed by atoms with Gasteiger partial charge in [0, 0.05) is 12.6 Å². The van der Waals surface area contributed by atoms with Crippen molar-refractivity contribution in [3.05, 3.63) is 16.4 Å². The summed E-state index contributed by atoms with van der Waals surface area (Å²) in [7, 11) is -3.08. The van der Waals surface area contributed by atoms with Crippen LogP contribution in [0.15, 0.2) is 0 Å². The van der Waals surface area contributed by atoms with Gasteiger partial charge in [0.25, 0.3) is 5.91 Å². The first-order valence-electron chi connectivity index (χ1n) is 8.13. The third-order valence-corrected chi connectivity index (χ3v) is 6.08. The molecular formula is C15H22ClN3O5S. The number of hydrogen-bond acceptors (Lipinski definition) is 6.